The van der Waals surface area contributed by atoms with Crippen LogP contribution in [0.4, 0.5) is 4.39 Å². The maximum absolute atomic E-state index is 16.3. The minimum absolute atomic E-state index is 0.000280. The van der Waals surface area contributed by atoms with Crippen LogP contribution in [-0.2, 0) is 79.5 Å². The highest BCUT2D eigenvalue weighted by Crippen LogP contribution is 2.40. The number of unbranched alkanes of at least 4 members (excludes halogenated alkanes) is 2. The van der Waals surface area contributed by atoms with Crippen molar-refractivity contribution in [3.05, 3.63) is 77.6 Å². The van der Waals surface area contributed by atoms with Gasteiger partial charge in [-0.3, -0.25) is 0 Å². The van der Waals surface area contributed by atoms with Crippen molar-refractivity contribution in [3.8, 4) is 16.9 Å². The van der Waals surface area contributed by atoms with Gasteiger partial charge in [0.15, 0.2) is 0 Å². The van der Waals surface area contributed by atoms with Crippen molar-refractivity contribution >= 4 is 35.8 Å². The van der Waals surface area contributed by atoms with E-state index in [0.717, 1.165) is 43.2 Å². The lowest BCUT2D eigenvalue weighted by Crippen LogP contribution is -2.45. The highest BCUT2D eigenvalue weighted by atomic mass is 19.1. The second-order valence-corrected chi connectivity index (χ2v) is 16.5. The molecular weight excluding hydrogens is 860 g/mol. The molecule has 0 aliphatic heterocycles. The zero-order valence-corrected chi connectivity index (χ0v) is 39.2. The molecule has 0 heterocycles. The summed E-state index contributed by atoms with van der Waals surface area (Å²) in [6.07, 6.45) is 11.3. The van der Waals surface area contributed by atoms with Crippen molar-refractivity contribution in [3.63, 3.8) is 0 Å². The maximum atomic E-state index is 16.3. The predicted octanol–water partition coefficient (Wildman–Crippen LogP) is 7.52. The third-order valence-electron chi connectivity index (χ3n) is 11.3. The SMILES string of the molecule is C=CC(=O)OCCCc1cc(-c2ccc(C3CCC(CCCCC)CC3)cc2F)c(CC)cc1OCC(COC(=O)C(=C)C)(COC(=O)C(=O)OCCOC)COC(=O)C(=O)OCCOC. The van der Waals surface area contributed by atoms with Gasteiger partial charge in [0, 0.05) is 31.4 Å². The van der Waals surface area contributed by atoms with Crippen LogP contribution in [0.5, 0.6) is 5.75 Å². The number of carbonyl (C=O) groups is 6. The highest BCUT2D eigenvalue weighted by Gasteiger charge is 2.39. The van der Waals surface area contributed by atoms with Gasteiger partial charge in [-0.2, -0.15) is 0 Å². The van der Waals surface area contributed by atoms with Crippen LogP contribution in [-0.4, -0.2) is 109 Å². The second kappa shape index (κ2) is 29.1. The molecule has 0 unspecified atom stereocenters. The molecule has 66 heavy (non-hydrogen) atoms. The molecule has 0 atom stereocenters. The first-order chi connectivity index (χ1) is 31.7. The standard InChI is InChI=1S/C50H67FO15/c1-8-11-12-14-35-16-18-37(19-17-35)38-20-21-40(42(51)28-38)41-27-39(15-13-22-60-44(52)10-3)43(29-36(41)9-2)63-30-50(31-64-45(53)34(4)5,32-65-48(56)46(54)61-25-23-58-6)33-66-49(57)47(55)62-26-24-59-7/h10,20-21,27-29,35,37H,3-4,8-9,11-19,22-26,30-33H2,1-2,5-7H3. The van der Waals surface area contributed by atoms with E-state index >= 15 is 4.39 Å². The molecule has 16 heteroatoms. The number of ether oxygens (including phenoxy) is 9. The number of aryl methyl sites for hydroxylation is 2. The Morgan fingerprint density at radius 2 is 1.27 bits per heavy atom. The molecule has 0 N–H and O–H groups in total. The van der Waals surface area contributed by atoms with Gasteiger partial charge in [-0.15, -0.1) is 0 Å². The van der Waals surface area contributed by atoms with Crippen LogP contribution in [0.1, 0.15) is 101 Å². The number of rotatable bonds is 28. The van der Waals surface area contributed by atoms with Gasteiger partial charge < -0.3 is 42.6 Å². The smallest absolute Gasteiger partial charge is 0.417 e. The molecule has 364 valence electrons. The van der Waals surface area contributed by atoms with Crippen molar-refractivity contribution in [1.82, 2.24) is 0 Å². The molecule has 0 aromatic heterocycles. The minimum atomic E-state index is -1.78. The molecule has 0 spiro atoms. The zero-order valence-electron chi connectivity index (χ0n) is 39.2. The lowest BCUT2D eigenvalue weighted by molar-refractivity contribution is -0.179. The molecule has 2 aromatic rings. The summed E-state index contributed by atoms with van der Waals surface area (Å²) in [7, 11) is 2.75. The predicted molar refractivity (Wildman–Crippen MR) is 241 cm³/mol. The average Bonchev–Trinajstić information content (AvgIpc) is 3.32. The zero-order chi connectivity index (χ0) is 48.5. The Bertz CT molecular complexity index is 1910. The van der Waals surface area contributed by atoms with Crippen LogP contribution in [0.3, 0.4) is 0 Å². The van der Waals surface area contributed by atoms with Crippen LogP contribution in [0.2, 0.25) is 0 Å². The quantitative estimate of drug-likeness (QED) is 0.0268. The number of methoxy groups -OCH3 is 2. The van der Waals surface area contributed by atoms with Crippen molar-refractivity contribution in [2.45, 2.75) is 97.3 Å². The molecule has 1 fully saturated rings. The van der Waals surface area contributed by atoms with Crippen molar-refractivity contribution in [2.24, 2.45) is 11.3 Å². The van der Waals surface area contributed by atoms with Gasteiger partial charge in [-0.05, 0) is 104 Å². The van der Waals surface area contributed by atoms with Gasteiger partial charge in [0.25, 0.3) is 0 Å². The van der Waals surface area contributed by atoms with Crippen LogP contribution in [0.25, 0.3) is 11.1 Å². The molecular formula is C50H67FO15. The van der Waals surface area contributed by atoms with Crippen LogP contribution in [0.15, 0.2) is 55.1 Å². The minimum Gasteiger partial charge on any atom is -0.492 e. The topological polar surface area (TPSA) is 185 Å². The second-order valence-electron chi connectivity index (χ2n) is 16.5. The summed E-state index contributed by atoms with van der Waals surface area (Å²) >= 11 is 0. The van der Waals surface area contributed by atoms with Gasteiger partial charge in [-0.25, -0.2) is 33.2 Å². The number of benzene rings is 2. The van der Waals surface area contributed by atoms with E-state index in [1.54, 1.807) is 18.2 Å². The fourth-order valence-corrected chi connectivity index (χ4v) is 7.44. The van der Waals surface area contributed by atoms with Gasteiger partial charge in [0.05, 0.1) is 19.8 Å². The number of carbonyl (C=O) groups excluding carboxylic acids is 6. The Labute approximate surface area is 387 Å². The first-order valence-corrected chi connectivity index (χ1v) is 22.6. The van der Waals surface area contributed by atoms with Crippen molar-refractivity contribution in [1.29, 1.82) is 0 Å². The van der Waals surface area contributed by atoms with E-state index in [0.29, 0.717) is 35.1 Å². The summed E-state index contributed by atoms with van der Waals surface area (Å²) in [5, 5.41) is 0. The molecule has 3 rings (SSSR count). The number of halogens is 1. The van der Waals surface area contributed by atoms with E-state index in [1.165, 1.54) is 46.8 Å². The van der Waals surface area contributed by atoms with E-state index in [4.69, 9.17) is 42.6 Å². The average molecular weight is 927 g/mol. The molecule has 0 saturated heterocycles. The Kier molecular flexibility index (Phi) is 24.1. The van der Waals surface area contributed by atoms with Crippen molar-refractivity contribution < 1.29 is 75.8 Å². The third-order valence-corrected chi connectivity index (χ3v) is 11.3. The summed E-state index contributed by atoms with van der Waals surface area (Å²) in [6, 6.07) is 8.99. The molecule has 1 saturated carbocycles. The summed E-state index contributed by atoms with van der Waals surface area (Å²) < 4.78 is 63.7. The van der Waals surface area contributed by atoms with Gasteiger partial charge >= 0.3 is 35.8 Å². The van der Waals surface area contributed by atoms with Crippen LogP contribution < -0.4 is 4.74 Å². The number of hydrogen-bond acceptors (Lipinski definition) is 15. The molecule has 0 amide bonds. The Morgan fingerprint density at radius 3 is 1.80 bits per heavy atom. The van der Waals surface area contributed by atoms with Crippen LogP contribution in [0, 0.1) is 17.2 Å². The van der Waals surface area contributed by atoms with Gasteiger partial charge in [-0.1, -0.05) is 64.8 Å². The van der Waals surface area contributed by atoms with Crippen molar-refractivity contribution in [2.75, 3.05) is 73.7 Å². The van der Waals surface area contributed by atoms with Gasteiger partial charge in [0.1, 0.15) is 56.6 Å². The molecule has 1 aliphatic rings. The molecule has 0 bridgehead atoms. The van der Waals surface area contributed by atoms with Gasteiger partial charge in [0.2, 0.25) is 0 Å². The molecule has 2 aromatic carbocycles. The monoisotopic (exact) mass is 926 g/mol. The van der Waals surface area contributed by atoms with Crippen LogP contribution >= 0.6 is 0 Å². The Morgan fingerprint density at radius 1 is 0.682 bits per heavy atom. The molecule has 15 nitrogen and oxygen atoms in total. The fourth-order valence-electron chi connectivity index (χ4n) is 7.44. The summed E-state index contributed by atoms with van der Waals surface area (Å²) in [5.41, 5.74) is 1.48. The summed E-state index contributed by atoms with van der Waals surface area (Å²) in [6.45, 7) is 9.38. The normalized spacial score (nSPS) is 14.6. The lowest BCUT2D eigenvalue weighted by Gasteiger charge is -2.32. The number of esters is 6. The Balaban J connectivity index is 2.05. The fraction of sp³-hybridized carbons (Fsp3) is 0.560. The third kappa shape index (κ3) is 18.0. The largest absolute Gasteiger partial charge is 0.492 e. The van der Waals surface area contributed by atoms with E-state index < -0.39 is 67.7 Å². The molecule has 1 aliphatic carbocycles. The first-order valence-electron chi connectivity index (χ1n) is 22.6. The summed E-state index contributed by atoms with van der Waals surface area (Å²) in [5.74, 6) is -6.13. The van der Waals surface area contributed by atoms with E-state index in [-0.39, 0.29) is 62.5 Å². The highest BCUT2D eigenvalue weighted by molar-refractivity contribution is 6.30. The Hall–Kier alpha value is -5.61. The molecule has 0 radical (unpaired) electrons. The lowest BCUT2D eigenvalue weighted by atomic mass is 9.76. The van der Waals surface area contributed by atoms with E-state index in [1.807, 2.05) is 19.1 Å². The van der Waals surface area contributed by atoms with E-state index in [9.17, 15) is 28.8 Å². The van der Waals surface area contributed by atoms with E-state index in [2.05, 4.69) is 20.1 Å². The number of hydrogen-bond donors (Lipinski definition) is 0. The summed E-state index contributed by atoms with van der Waals surface area (Å²) in [4.78, 5) is 75.3. The maximum Gasteiger partial charge on any atom is 0.417 e. The first kappa shape index (κ1) is 54.7.